The van der Waals surface area contributed by atoms with Gasteiger partial charge in [-0.05, 0) is 30.5 Å². The fraction of sp³-hybridized carbons (Fsp3) is 0.526. The van der Waals surface area contributed by atoms with Crippen LogP contribution in [0.1, 0.15) is 62.3 Å². The second-order valence-electron chi connectivity index (χ2n) is 6.72. The van der Waals surface area contributed by atoms with Gasteiger partial charge in [-0.2, -0.15) is 4.98 Å². The number of methoxy groups -OCH3 is 1. The summed E-state index contributed by atoms with van der Waals surface area (Å²) in [5, 5.41) is 3.95. The van der Waals surface area contributed by atoms with Gasteiger partial charge in [-0.25, -0.2) is 0 Å². The van der Waals surface area contributed by atoms with E-state index in [4.69, 9.17) is 9.26 Å². The third kappa shape index (κ3) is 4.00. The molecule has 0 bridgehead atoms. The van der Waals surface area contributed by atoms with Crippen molar-refractivity contribution < 1.29 is 14.1 Å². The smallest absolute Gasteiger partial charge is 0.227 e. The Hall–Kier alpha value is -2.37. The predicted octanol–water partition coefficient (Wildman–Crippen LogP) is 3.50. The SMILES string of the molecule is COc1cccc([C@@H]2CCCN2C(=O)CCc2nc(C(C)C)no2)c1. The first kappa shape index (κ1) is 17.5. The molecule has 0 aliphatic carbocycles. The Labute approximate surface area is 148 Å². The maximum atomic E-state index is 12.7. The van der Waals surface area contributed by atoms with Crippen LogP contribution < -0.4 is 4.74 Å². The minimum atomic E-state index is 0.122. The first-order valence-corrected chi connectivity index (χ1v) is 8.84. The number of aromatic nitrogens is 2. The summed E-state index contributed by atoms with van der Waals surface area (Å²) in [5.41, 5.74) is 1.13. The molecule has 0 unspecified atom stereocenters. The van der Waals surface area contributed by atoms with Crippen molar-refractivity contribution in [3.05, 3.63) is 41.5 Å². The Morgan fingerprint density at radius 3 is 3.00 bits per heavy atom. The molecule has 0 saturated carbocycles. The molecule has 1 aromatic heterocycles. The van der Waals surface area contributed by atoms with Crippen molar-refractivity contribution >= 4 is 5.91 Å². The first-order valence-electron chi connectivity index (χ1n) is 8.84. The molecule has 1 atom stereocenters. The summed E-state index contributed by atoms with van der Waals surface area (Å²) < 4.78 is 10.5. The van der Waals surface area contributed by atoms with Gasteiger partial charge in [0.2, 0.25) is 11.8 Å². The first-order chi connectivity index (χ1) is 12.1. The lowest BCUT2D eigenvalue weighted by atomic mass is 10.0. The zero-order chi connectivity index (χ0) is 17.8. The number of carbonyl (C=O) groups excluding carboxylic acids is 1. The molecule has 1 fully saturated rings. The highest BCUT2D eigenvalue weighted by molar-refractivity contribution is 5.77. The zero-order valence-corrected chi connectivity index (χ0v) is 15.1. The summed E-state index contributed by atoms with van der Waals surface area (Å²) >= 11 is 0. The monoisotopic (exact) mass is 343 g/mol. The van der Waals surface area contributed by atoms with Gasteiger partial charge in [0, 0.05) is 25.3 Å². The molecule has 0 N–H and O–H groups in total. The molecule has 0 radical (unpaired) electrons. The van der Waals surface area contributed by atoms with Crippen molar-refractivity contribution in [1.29, 1.82) is 0 Å². The summed E-state index contributed by atoms with van der Waals surface area (Å²) in [4.78, 5) is 19.0. The second kappa shape index (κ2) is 7.68. The van der Waals surface area contributed by atoms with Crippen LogP contribution in [-0.2, 0) is 11.2 Å². The fourth-order valence-corrected chi connectivity index (χ4v) is 3.22. The molecule has 1 saturated heterocycles. The van der Waals surface area contributed by atoms with Gasteiger partial charge in [-0.3, -0.25) is 4.79 Å². The highest BCUT2D eigenvalue weighted by Crippen LogP contribution is 2.34. The normalized spacial score (nSPS) is 17.3. The number of hydrogen-bond donors (Lipinski definition) is 0. The lowest BCUT2D eigenvalue weighted by Crippen LogP contribution is -2.30. The van der Waals surface area contributed by atoms with Crippen LogP contribution in [0.3, 0.4) is 0 Å². The van der Waals surface area contributed by atoms with E-state index in [1.54, 1.807) is 7.11 Å². The second-order valence-corrected chi connectivity index (χ2v) is 6.72. The largest absolute Gasteiger partial charge is 0.497 e. The van der Waals surface area contributed by atoms with Gasteiger partial charge in [0.25, 0.3) is 0 Å². The lowest BCUT2D eigenvalue weighted by Gasteiger charge is -2.25. The van der Waals surface area contributed by atoms with Gasteiger partial charge in [0.1, 0.15) is 5.75 Å². The van der Waals surface area contributed by atoms with Gasteiger partial charge in [-0.15, -0.1) is 0 Å². The number of likely N-dealkylation sites (tertiary alicyclic amines) is 1. The highest BCUT2D eigenvalue weighted by Gasteiger charge is 2.30. The summed E-state index contributed by atoms with van der Waals surface area (Å²) in [6, 6.07) is 8.10. The van der Waals surface area contributed by atoms with Crippen LogP contribution in [0.5, 0.6) is 5.75 Å². The summed E-state index contributed by atoms with van der Waals surface area (Å²) in [7, 11) is 1.66. The number of amides is 1. The van der Waals surface area contributed by atoms with Crippen LogP contribution in [0, 0.1) is 0 Å². The Morgan fingerprint density at radius 2 is 2.28 bits per heavy atom. The average Bonchev–Trinajstić information content (AvgIpc) is 3.29. The Bertz CT molecular complexity index is 726. The van der Waals surface area contributed by atoms with E-state index in [0.717, 1.165) is 30.7 Å². The summed E-state index contributed by atoms with van der Waals surface area (Å²) in [6.45, 7) is 4.83. The number of ether oxygens (including phenoxy) is 1. The number of carbonyl (C=O) groups is 1. The van der Waals surface area contributed by atoms with Crippen molar-refractivity contribution in [3.63, 3.8) is 0 Å². The van der Waals surface area contributed by atoms with Gasteiger partial charge < -0.3 is 14.2 Å². The van der Waals surface area contributed by atoms with Crippen LogP contribution in [0.15, 0.2) is 28.8 Å². The maximum Gasteiger partial charge on any atom is 0.227 e. The van der Waals surface area contributed by atoms with Crippen LogP contribution >= 0.6 is 0 Å². The van der Waals surface area contributed by atoms with Crippen LogP contribution in [0.25, 0.3) is 0 Å². The van der Waals surface area contributed by atoms with E-state index < -0.39 is 0 Å². The molecular weight excluding hydrogens is 318 g/mol. The summed E-state index contributed by atoms with van der Waals surface area (Å²) in [6.07, 6.45) is 2.88. The Kier molecular flexibility index (Phi) is 5.36. The van der Waals surface area contributed by atoms with E-state index in [1.807, 2.05) is 36.9 Å². The molecular formula is C19H25N3O3. The molecule has 134 valence electrons. The Morgan fingerprint density at radius 1 is 1.44 bits per heavy atom. The van der Waals surface area contributed by atoms with Gasteiger partial charge >= 0.3 is 0 Å². The minimum absolute atomic E-state index is 0.122. The van der Waals surface area contributed by atoms with Crippen LogP contribution in [-0.4, -0.2) is 34.6 Å². The van der Waals surface area contributed by atoms with E-state index in [9.17, 15) is 4.79 Å². The van der Waals surface area contributed by atoms with E-state index in [1.165, 1.54) is 0 Å². The number of nitrogens with zero attached hydrogens (tertiary/aromatic N) is 3. The third-order valence-corrected chi connectivity index (χ3v) is 4.60. The van der Waals surface area contributed by atoms with Crippen molar-refractivity contribution in [2.24, 2.45) is 0 Å². The molecule has 1 aliphatic rings. The molecule has 1 aromatic carbocycles. The molecule has 6 heteroatoms. The average molecular weight is 343 g/mol. The van der Waals surface area contributed by atoms with Crippen LogP contribution in [0.4, 0.5) is 0 Å². The molecule has 1 amide bonds. The standard InChI is InChI=1S/C19H25N3O3/c1-13(2)19-20-17(25-21-19)9-10-18(23)22-11-5-8-16(22)14-6-4-7-15(12-14)24-3/h4,6-7,12-13,16H,5,8-11H2,1-3H3/t16-/m0/s1. The number of rotatable bonds is 6. The van der Waals surface area contributed by atoms with Crippen molar-refractivity contribution in [1.82, 2.24) is 15.0 Å². The van der Waals surface area contributed by atoms with Crippen molar-refractivity contribution in [2.45, 2.75) is 51.5 Å². The Balaban J connectivity index is 1.63. The van der Waals surface area contributed by atoms with E-state index in [0.29, 0.717) is 24.6 Å². The maximum absolute atomic E-state index is 12.7. The zero-order valence-electron chi connectivity index (χ0n) is 15.1. The van der Waals surface area contributed by atoms with E-state index >= 15 is 0 Å². The molecule has 2 heterocycles. The number of aryl methyl sites for hydroxylation is 1. The molecule has 25 heavy (non-hydrogen) atoms. The summed E-state index contributed by atoms with van der Waals surface area (Å²) in [5.74, 6) is 2.41. The van der Waals surface area contributed by atoms with Gasteiger partial charge in [-0.1, -0.05) is 31.1 Å². The minimum Gasteiger partial charge on any atom is -0.497 e. The highest BCUT2D eigenvalue weighted by atomic mass is 16.5. The topological polar surface area (TPSA) is 68.5 Å². The molecule has 0 spiro atoms. The lowest BCUT2D eigenvalue weighted by molar-refractivity contribution is -0.132. The third-order valence-electron chi connectivity index (χ3n) is 4.60. The molecule has 3 rings (SSSR count). The number of benzene rings is 1. The van der Waals surface area contributed by atoms with Crippen molar-refractivity contribution in [2.75, 3.05) is 13.7 Å². The van der Waals surface area contributed by atoms with Crippen molar-refractivity contribution in [3.8, 4) is 5.75 Å². The predicted molar refractivity (Wildman–Crippen MR) is 93.4 cm³/mol. The number of hydrogen-bond acceptors (Lipinski definition) is 5. The fourth-order valence-electron chi connectivity index (χ4n) is 3.22. The van der Waals surface area contributed by atoms with Gasteiger partial charge in [0.15, 0.2) is 5.82 Å². The van der Waals surface area contributed by atoms with E-state index in [-0.39, 0.29) is 17.9 Å². The van der Waals surface area contributed by atoms with Gasteiger partial charge in [0.05, 0.1) is 13.2 Å². The van der Waals surface area contributed by atoms with Crippen LogP contribution in [0.2, 0.25) is 0 Å². The molecule has 2 aromatic rings. The van der Waals surface area contributed by atoms with E-state index in [2.05, 4.69) is 16.2 Å². The quantitative estimate of drug-likeness (QED) is 0.803. The molecule has 6 nitrogen and oxygen atoms in total. The molecule has 1 aliphatic heterocycles.